The Hall–Kier alpha value is -0.830. The first-order valence-electron chi connectivity index (χ1n) is 5.42. The number of hydrogen-bond donors (Lipinski definition) is 0. The summed E-state index contributed by atoms with van der Waals surface area (Å²) in [6.07, 6.45) is 2.10. The molecule has 1 aliphatic heterocycles. The zero-order chi connectivity index (χ0) is 10.9. The Morgan fingerprint density at radius 3 is 2.80 bits per heavy atom. The molecule has 82 valence electrons. The molecule has 0 saturated carbocycles. The van der Waals surface area contributed by atoms with Crippen molar-refractivity contribution >= 4 is 9.73 Å². The molecule has 0 unspecified atom stereocenters. The first-order valence-corrected chi connectivity index (χ1v) is 7.00. The summed E-state index contributed by atoms with van der Waals surface area (Å²) < 4.78 is 17.2. The highest BCUT2D eigenvalue weighted by molar-refractivity contribution is 7.94. The summed E-state index contributed by atoms with van der Waals surface area (Å²) in [5.74, 6) is 0. The van der Waals surface area contributed by atoms with Crippen molar-refractivity contribution in [1.82, 2.24) is 0 Å². The van der Waals surface area contributed by atoms with Crippen molar-refractivity contribution < 1.29 is 4.21 Å². The molecule has 1 aromatic rings. The highest BCUT2D eigenvalue weighted by atomic mass is 32.2. The third kappa shape index (κ3) is 1.81. The molecule has 1 heterocycles. The van der Waals surface area contributed by atoms with Crippen LogP contribution < -0.4 is 0 Å². The number of benzene rings is 1. The van der Waals surface area contributed by atoms with Crippen molar-refractivity contribution in [2.45, 2.75) is 36.8 Å². The summed E-state index contributed by atoms with van der Waals surface area (Å²) in [6.45, 7) is 4.81. The molecule has 0 radical (unpaired) electrons. The van der Waals surface area contributed by atoms with Gasteiger partial charge in [0.05, 0.1) is 14.6 Å². The quantitative estimate of drug-likeness (QED) is 0.719. The van der Waals surface area contributed by atoms with E-state index < -0.39 is 9.73 Å². The highest BCUT2D eigenvalue weighted by Crippen LogP contribution is 2.27. The lowest BCUT2D eigenvalue weighted by atomic mass is 10.2. The van der Waals surface area contributed by atoms with Crippen LogP contribution in [0.3, 0.4) is 0 Å². The zero-order valence-electron chi connectivity index (χ0n) is 9.27. The lowest BCUT2D eigenvalue weighted by Gasteiger charge is -2.23. The predicted molar refractivity (Wildman–Crippen MR) is 63.6 cm³/mol. The maximum absolute atomic E-state index is 12.8. The van der Waals surface area contributed by atoms with Gasteiger partial charge in [-0.15, -0.1) is 0 Å². The van der Waals surface area contributed by atoms with E-state index >= 15 is 0 Å². The van der Waals surface area contributed by atoms with E-state index in [0.29, 0.717) is 0 Å². The van der Waals surface area contributed by atoms with Crippen molar-refractivity contribution in [3.05, 3.63) is 29.8 Å². The molecule has 0 aromatic heterocycles. The van der Waals surface area contributed by atoms with E-state index in [1.165, 1.54) is 0 Å². The molecule has 0 saturated heterocycles. The molecule has 1 aromatic carbocycles. The molecule has 0 bridgehead atoms. The Labute approximate surface area is 91.9 Å². The molecule has 0 aliphatic carbocycles. The molecule has 2 atom stereocenters. The molecule has 0 amide bonds. The predicted octanol–water partition coefficient (Wildman–Crippen LogP) is 3.00. The molecule has 2 rings (SSSR count). The van der Waals surface area contributed by atoms with Gasteiger partial charge >= 0.3 is 0 Å². The number of nitrogens with zero attached hydrogens (tertiary/aromatic N) is 1. The second-order valence-corrected chi connectivity index (χ2v) is 6.78. The smallest absolute Gasteiger partial charge is 0.0781 e. The highest BCUT2D eigenvalue weighted by Gasteiger charge is 2.24. The van der Waals surface area contributed by atoms with Crippen molar-refractivity contribution in [1.29, 1.82) is 0 Å². The van der Waals surface area contributed by atoms with Crippen LogP contribution in [0.25, 0.3) is 0 Å². The Morgan fingerprint density at radius 1 is 1.40 bits per heavy atom. The van der Waals surface area contributed by atoms with Crippen molar-refractivity contribution in [3.8, 4) is 0 Å². The Morgan fingerprint density at radius 2 is 2.13 bits per heavy atom. The molecule has 0 fully saturated rings. The number of aryl methyl sites for hydroxylation is 1. The van der Waals surface area contributed by atoms with Crippen molar-refractivity contribution in [3.63, 3.8) is 0 Å². The molecule has 2 nitrogen and oxygen atoms in total. The number of hydrogen-bond acceptors (Lipinski definition) is 2. The van der Waals surface area contributed by atoms with Gasteiger partial charge in [-0.2, -0.15) is 0 Å². The summed E-state index contributed by atoms with van der Waals surface area (Å²) in [7, 11) is -2.15. The Balaban J connectivity index is 2.59. The minimum Gasteiger partial charge on any atom is -0.244 e. The van der Waals surface area contributed by atoms with Crippen LogP contribution in [0.2, 0.25) is 0 Å². The van der Waals surface area contributed by atoms with E-state index in [1.54, 1.807) is 0 Å². The molecule has 3 heteroatoms. The average molecular weight is 223 g/mol. The molecule has 15 heavy (non-hydrogen) atoms. The van der Waals surface area contributed by atoms with Gasteiger partial charge in [0, 0.05) is 11.8 Å². The van der Waals surface area contributed by atoms with Crippen molar-refractivity contribution in [2.75, 3.05) is 6.54 Å². The molecular formula is C12H17NOS. The maximum atomic E-state index is 12.8. The summed E-state index contributed by atoms with van der Waals surface area (Å²) in [6, 6.07) is 7.91. The molecular weight excluding hydrogens is 206 g/mol. The molecule has 1 aliphatic rings. The second-order valence-electron chi connectivity index (χ2n) is 4.14. The van der Waals surface area contributed by atoms with Crippen LogP contribution in [-0.2, 0) is 9.73 Å². The third-order valence-electron chi connectivity index (χ3n) is 3.01. The van der Waals surface area contributed by atoms with Gasteiger partial charge in [0.15, 0.2) is 0 Å². The van der Waals surface area contributed by atoms with Gasteiger partial charge in [-0.3, -0.25) is 0 Å². The summed E-state index contributed by atoms with van der Waals surface area (Å²) in [4.78, 5) is 0.942. The zero-order valence-corrected chi connectivity index (χ0v) is 10.1. The van der Waals surface area contributed by atoms with Gasteiger partial charge in [0.1, 0.15) is 0 Å². The first-order chi connectivity index (χ1) is 7.14. The van der Waals surface area contributed by atoms with Crippen LogP contribution in [0, 0.1) is 6.92 Å². The minimum absolute atomic E-state index is 0.187. The second kappa shape index (κ2) is 3.97. The summed E-state index contributed by atoms with van der Waals surface area (Å²) in [5, 5.41) is 0.187. The first kappa shape index (κ1) is 10.7. The topological polar surface area (TPSA) is 29.4 Å². The monoisotopic (exact) mass is 223 g/mol. The van der Waals surface area contributed by atoms with Gasteiger partial charge in [-0.25, -0.2) is 8.57 Å². The van der Waals surface area contributed by atoms with Crippen LogP contribution in [0.1, 0.15) is 25.3 Å². The van der Waals surface area contributed by atoms with Gasteiger partial charge < -0.3 is 0 Å². The maximum Gasteiger partial charge on any atom is 0.0781 e. The van der Waals surface area contributed by atoms with Crippen LogP contribution in [-0.4, -0.2) is 16.0 Å². The Kier molecular flexibility index (Phi) is 2.83. The van der Waals surface area contributed by atoms with E-state index in [9.17, 15) is 4.21 Å². The van der Waals surface area contributed by atoms with E-state index in [1.807, 2.05) is 31.2 Å². The fraction of sp³-hybridized carbons (Fsp3) is 0.500. The fourth-order valence-electron chi connectivity index (χ4n) is 2.04. The fourth-order valence-corrected chi connectivity index (χ4v) is 4.55. The summed E-state index contributed by atoms with van der Waals surface area (Å²) in [5.41, 5.74) is 1.10. The van der Waals surface area contributed by atoms with Gasteiger partial charge in [0.2, 0.25) is 0 Å². The van der Waals surface area contributed by atoms with Crippen LogP contribution >= 0.6 is 0 Å². The molecule has 0 N–H and O–H groups in total. The standard InChI is InChI=1S/C12H17NOS/c1-10-6-3-4-8-12(10)15(14)11(2)7-5-9-13-15/h3-4,6,8,11H,5,7,9H2,1-2H3/t11-,15+/m1/s1. The van der Waals surface area contributed by atoms with E-state index in [2.05, 4.69) is 11.3 Å². The van der Waals surface area contributed by atoms with Gasteiger partial charge in [0.25, 0.3) is 0 Å². The van der Waals surface area contributed by atoms with E-state index in [4.69, 9.17) is 0 Å². The largest absolute Gasteiger partial charge is 0.244 e. The van der Waals surface area contributed by atoms with E-state index in [0.717, 1.165) is 29.8 Å². The van der Waals surface area contributed by atoms with Crippen molar-refractivity contribution in [2.24, 2.45) is 4.36 Å². The molecule has 0 spiro atoms. The van der Waals surface area contributed by atoms with Crippen LogP contribution in [0.15, 0.2) is 33.5 Å². The van der Waals surface area contributed by atoms with Gasteiger partial charge in [-0.05, 0) is 38.3 Å². The summed E-state index contributed by atoms with van der Waals surface area (Å²) >= 11 is 0. The van der Waals surface area contributed by atoms with Crippen LogP contribution in [0.5, 0.6) is 0 Å². The van der Waals surface area contributed by atoms with Gasteiger partial charge in [-0.1, -0.05) is 18.2 Å². The minimum atomic E-state index is -2.15. The number of rotatable bonds is 1. The van der Waals surface area contributed by atoms with E-state index in [-0.39, 0.29) is 5.25 Å². The lowest BCUT2D eigenvalue weighted by molar-refractivity contribution is 0.629. The van der Waals surface area contributed by atoms with Crippen LogP contribution in [0.4, 0.5) is 0 Å². The SMILES string of the molecule is Cc1ccccc1[S@]1(=O)=NCCC[C@H]1C. The lowest BCUT2D eigenvalue weighted by Crippen LogP contribution is -2.23. The normalized spacial score (nSPS) is 30.9. The third-order valence-corrected chi connectivity index (χ3v) is 5.99. The average Bonchev–Trinajstić information content (AvgIpc) is 2.23. The Bertz CT molecular complexity index is 472.